The van der Waals surface area contributed by atoms with Gasteiger partial charge < -0.3 is 5.73 Å². The van der Waals surface area contributed by atoms with Crippen molar-refractivity contribution in [2.45, 2.75) is 19.8 Å². The molecule has 0 atom stereocenters. The van der Waals surface area contributed by atoms with E-state index in [0.29, 0.717) is 4.48 Å². The van der Waals surface area contributed by atoms with Gasteiger partial charge in [0.2, 0.25) is 0 Å². The SMILES string of the molecule is CCC(=N)[N+](C)(C)CCCN. The lowest BCUT2D eigenvalue weighted by Crippen LogP contribution is -2.45. The molecule has 3 nitrogen and oxygen atoms in total. The van der Waals surface area contributed by atoms with Gasteiger partial charge in [0.15, 0.2) is 5.84 Å². The van der Waals surface area contributed by atoms with Crippen LogP contribution in [0.2, 0.25) is 0 Å². The van der Waals surface area contributed by atoms with Crippen LogP contribution in [0.25, 0.3) is 0 Å². The molecule has 0 aliphatic heterocycles. The Bertz CT molecular complexity index is 129. The monoisotopic (exact) mass is 158 g/mol. The number of hydrogen-bond donors (Lipinski definition) is 2. The van der Waals surface area contributed by atoms with Gasteiger partial charge >= 0.3 is 0 Å². The molecule has 0 aromatic heterocycles. The molecular formula is C8H20N3+. The van der Waals surface area contributed by atoms with Gasteiger partial charge in [0, 0.05) is 12.8 Å². The van der Waals surface area contributed by atoms with Crippen LogP contribution in [0.4, 0.5) is 0 Å². The predicted octanol–water partition coefficient (Wildman–Crippen LogP) is 0.799. The molecule has 3 heteroatoms. The van der Waals surface area contributed by atoms with Crippen LogP contribution in [0.15, 0.2) is 0 Å². The molecule has 0 aliphatic carbocycles. The van der Waals surface area contributed by atoms with E-state index in [1.54, 1.807) is 0 Å². The number of hydrogen-bond acceptors (Lipinski definition) is 2. The highest BCUT2D eigenvalue weighted by molar-refractivity contribution is 5.71. The van der Waals surface area contributed by atoms with E-state index in [0.717, 1.165) is 31.8 Å². The summed E-state index contributed by atoms with van der Waals surface area (Å²) in [6.45, 7) is 3.71. The summed E-state index contributed by atoms with van der Waals surface area (Å²) >= 11 is 0. The first-order valence-corrected chi connectivity index (χ1v) is 4.15. The van der Waals surface area contributed by atoms with Gasteiger partial charge in [0.1, 0.15) is 0 Å². The molecule has 3 N–H and O–H groups in total. The maximum atomic E-state index is 7.65. The summed E-state index contributed by atoms with van der Waals surface area (Å²) < 4.78 is 0.688. The zero-order chi connectivity index (χ0) is 8.91. The van der Waals surface area contributed by atoms with Gasteiger partial charge in [-0.25, -0.2) is 0 Å². The molecule has 0 aromatic carbocycles. The Balaban J connectivity index is 3.88. The highest BCUT2D eigenvalue weighted by Gasteiger charge is 2.19. The summed E-state index contributed by atoms with van der Waals surface area (Å²) in [7, 11) is 4.11. The number of nitrogens with one attached hydrogen (secondary N) is 1. The van der Waals surface area contributed by atoms with Crippen molar-refractivity contribution in [3.05, 3.63) is 0 Å². The average Bonchev–Trinajstić information content (AvgIpc) is 1.99. The molecule has 0 bridgehead atoms. The lowest BCUT2D eigenvalue weighted by Gasteiger charge is -2.28. The third kappa shape index (κ3) is 3.49. The van der Waals surface area contributed by atoms with E-state index in [2.05, 4.69) is 14.1 Å². The highest BCUT2D eigenvalue weighted by atomic mass is 15.3. The standard InChI is InChI=1S/C8H20N3/c1-4-8(10)11(2,3)7-5-6-9/h10H,4-7,9H2,1-3H3/q+1. The Kier molecular flexibility index (Phi) is 4.30. The summed E-state index contributed by atoms with van der Waals surface area (Å²) in [5, 5.41) is 7.65. The van der Waals surface area contributed by atoms with E-state index >= 15 is 0 Å². The molecule has 0 fully saturated rings. The lowest BCUT2D eigenvalue weighted by molar-refractivity contribution is -0.801. The number of quaternary nitrogens is 1. The molecule has 0 aliphatic rings. The van der Waals surface area contributed by atoms with E-state index in [9.17, 15) is 0 Å². The largest absolute Gasteiger partial charge is 0.330 e. The number of amidine groups is 1. The van der Waals surface area contributed by atoms with E-state index in [1.807, 2.05) is 6.92 Å². The zero-order valence-corrected chi connectivity index (χ0v) is 7.85. The topological polar surface area (TPSA) is 49.9 Å². The molecule has 0 spiro atoms. The van der Waals surface area contributed by atoms with Crippen LogP contribution in [0.5, 0.6) is 0 Å². The second-order valence-electron chi connectivity index (χ2n) is 3.35. The maximum absolute atomic E-state index is 7.65. The first-order chi connectivity index (χ1) is 5.04. The number of nitrogens with zero attached hydrogens (tertiary/aromatic N) is 1. The molecule has 0 amide bonds. The second kappa shape index (κ2) is 4.46. The molecule has 0 saturated carbocycles. The fourth-order valence-corrected chi connectivity index (χ4v) is 1.05. The summed E-state index contributed by atoms with van der Waals surface area (Å²) in [6.07, 6.45) is 1.83. The third-order valence-electron chi connectivity index (χ3n) is 1.99. The summed E-state index contributed by atoms with van der Waals surface area (Å²) in [5.41, 5.74) is 5.40. The number of rotatable bonds is 4. The van der Waals surface area contributed by atoms with E-state index in [1.165, 1.54) is 0 Å². The first kappa shape index (κ1) is 10.6. The van der Waals surface area contributed by atoms with Gasteiger partial charge in [-0.1, -0.05) is 6.92 Å². The molecular weight excluding hydrogens is 138 g/mol. The molecule has 0 radical (unpaired) electrons. The molecule has 0 aromatic rings. The summed E-state index contributed by atoms with van der Waals surface area (Å²) in [4.78, 5) is 0. The van der Waals surface area contributed by atoms with Crippen LogP contribution in [-0.2, 0) is 0 Å². The quantitative estimate of drug-likeness (QED) is 0.355. The highest BCUT2D eigenvalue weighted by Crippen LogP contribution is 2.02. The Hall–Kier alpha value is -0.410. The Morgan fingerprint density at radius 2 is 2.00 bits per heavy atom. The Morgan fingerprint density at radius 3 is 2.36 bits per heavy atom. The van der Waals surface area contributed by atoms with E-state index < -0.39 is 0 Å². The van der Waals surface area contributed by atoms with Crippen LogP contribution < -0.4 is 5.73 Å². The first-order valence-electron chi connectivity index (χ1n) is 4.15. The van der Waals surface area contributed by atoms with Crippen LogP contribution in [0, 0.1) is 5.41 Å². The van der Waals surface area contributed by atoms with Gasteiger partial charge in [-0.2, -0.15) is 0 Å². The van der Waals surface area contributed by atoms with Crippen LogP contribution >= 0.6 is 0 Å². The van der Waals surface area contributed by atoms with Gasteiger partial charge in [0.25, 0.3) is 0 Å². The van der Waals surface area contributed by atoms with E-state index in [-0.39, 0.29) is 0 Å². The van der Waals surface area contributed by atoms with Gasteiger partial charge in [0.05, 0.1) is 20.6 Å². The predicted molar refractivity (Wildman–Crippen MR) is 48.7 cm³/mol. The minimum absolute atomic E-state index is 0.688. The van der Waals surface area contributed by atoms with Crippen molar-refractivity contribution in [3.63, 3.8) is 0 Å². The summed E-state index contributed by atoms with van der Waals surface area (Å²) in [6, 6.07) is 0. The second-order valence-corrected chi connectivity index (χ2v) is 3.35. The fraction of sp³-hybridized carbons (Fsp3) is 0.875. The van der Waals surface area contributed by atoms with Gasteiger partial charge in [-0.3, -0.25) is 9.89 Å². The van der Waals surface area contributed by atoms with Crippen molar-refractivity contribution in [2.24, 2.45) is 5.73 Å². The van der Waals surface area contributed by atoms with Crippen molar-refractivity contribution in [1.29, 1.82) is 5.41 Å². The van der Waals surface area contributed by atoms with Gasteiger partial charge in [-0.05, 0) is 6.54 Å². The minimum Gasteiger partial charge on any atom is -0.330 e. The lowest BCUT2D eigenvalue weighted by atomic mass is 10.3. The maximum Gasteiger partial charge on any atom is 0.194 e. The molecule has 0 unspecified atom stereocenters. The number of nitrogens with two attached hydrogens (primary N) is 1. The van der Waals surface area contributed by atoms with Crippen molar-refractivity contribution in [1.82, 2.24) is 0 Å². The molecule has 11 heavy (non-hydrogen) atoms. The smallest absolute Gasteiger partial charge is 0.194 e. The van der Waals surface area contributed by atoms with Crippen molar-refractivity contribution in [3.8, 4) is 0 Å². The van der Waals surface area contributed by atoms with Gasteiger partial charge in [-0.15, -0.1) is 0 Å². The molecule has 66 valence electrons. The zero-order valence-electron chi connectivity index (χ0n) is 7.85. The molecule has 0 heterocycles. The summed E-state index contributed by atoms with van der Waals surface area (Å²) in [5.74, 6) is 0.776. The fourth-order valence-electron chi connectivity index (χ4n) is 1.05. The van der Waals surface area contributed by atoms with Crippen molar-refractivity contribution in [2.75, 3.05) is 27.2 Å². The Morgan fingerprint density at radius 1 is 1.45 bits per heavy atom. The van der Waals surface area contributed by atoms with Crippen LogP contribution in [0.1, 0.15) is 19.8 Å². The van der Waals surface area contributed by atoms with Crippen molar-refractivity contribution >= 4 is 5.84 Å². The Labute approximate surface area is 69.3 Å². The van der Waals surface area contributed by atoms with Crippen molar-refractivity contribution < 1.29 is 4.48 Å². The molecule has 0 saturated heterocycles. The molecule has 0 rings (SSSR count). The third-order valence-corrected chi connectivity index (χ3v) is 1.99. The van der Waals surface area contributed by atoms with Crippen LogP contribution in [-0.4, -0.2) is 37.5 Å². The van der Waals surface area contributed by atoms with Crippen LogP contribution in [0.3, 0.4) is 0 Å². The minimum atomic E-state index is 0.688. The normalized spacial score (nSPS) is 11.6. The van der Waals surface area contributed by atoms with E-state index in [4.69, 9.17) is 11.1 Å². The average molecular weight is 158 g/mol.